The predicted molar refractivity (Wildman–Crippen MR) is 124 cm³/mol. The van der Waals surface area contributed by atoms with Gasteiger partial charge in [-0.05, 0) is 31.7 Å². The van der Waals surface area contributed by atoms with E-state index in [0.29, 0.717) is 0 Å². The van der Waals surface area contributed by atoms with Crippen molar-refractivity contribution in [2.75, 3.05) is 13.2 Å². The summed E-state index contributed by atoms with van der Waals surface area (Å²) in [5.74, 6) is -3.66. The maximum Gasteiger partial charge on any atom is 0.326 e. The first-order chi connectivity index (χ1) is 16.0. The van der Waals surface area contributed by atoms with E-state index in [2.05, 4.69) is 20.9 Å². The minimum Gasteiger partial charge on any atom is -0.480 e. The van der Waals surface area contributed by atoms with Crippen molar-refractivity contribution in [3.05, 3.63) is 35.9 Å². The molecule has 11 N–H and O–H groups in total. The third-order valence-corrected chi connectivity index (χ3v) is 4.76. The van der Waals surface area contributed by atoms with E-state index in [1.54, 1.807) is 0 Å². The fraction of sp³-hybridized carbons (Fsp3) is 0.476. The van der Waals surface area contributed by atoms with Crippen LogP contribution < -0.4 is 33.2 Å². The number of nitrogens with one attached hydrogen (secondary N) is 3. The summed E-state index contributed by atoms with van der Waals surface area (Å²) < 4.78 is 0. The fourth-order valence-electron chi connectivity index (χ4n) is 2.87. The summed E-state index contributed by atoms with van der Waals surface area (Å²) in [6.45, 7) is 0.774. The van der Waals surface area contributed by atoms with Crippen molar-refractivity contribution in [2.45, 2.75) is 50.4 Å². The minimum atomic E-state index is -1.43. The zero-order valence-corrected chi connectivity index (χ0v) is 18.9. The van der Waals surface area contributed by atoms with Crippen molar-refractivity contribution in [2.24, 2.45) is 22.2 Å². The molecule has 13 heteroatoms. The first-order valence-corrected chi connectivity index (χ1v) is 10.6. The van der Waals surface area contributed by atoms with E-state index in [9.17, 15) is 29.4 Å². The third-order valence-electron chi connectivity index (χ3n) is 4.76. The van der Waals surface area contributed by atoms with Crippen molar-refractivity contribution in [3.63, 3.8) is 0 Å². The Morgan fingerprint density at radius 1 is 0.971 bits per heavy atom. The van der Waals surface area contributed by atoms with E-state index in [4.69, 9.17) is 17.2 Å². The van der Waals surface area contributed by atoms with E-state index in [1.165, 1.54) is 6.92 Å². The van der Waals surface area contributed by atoms with Gasteiger partial charge < -0.3 is 43.4 Å². The number of nitrogens with two attached hydrogens (primary N) is 3. The Morgan fingerprint density at radius 2 is 1.59 bits per heavy atom. The molecule has 0 aliphatic rings. The van der Waals surface area contributed by atoms with Crippen LogP contribution in [0.2, 0.25) is 0 Å². The Kier molecular flexibility index (Phi) is 12.0. The Bertz CT molecular complexity index is 860. The number of carbonyl (C=O) groups excluding carboxylic acids is 3. The number of hydrogen-bond donors (Lipinski definition) is 8. The largest absolute Gasteiger partial charge is 0.480 e. The molecular weight excluding hydrogens is 446 g/mol. The molecule has 0 saturated heterocycles. The summed E-state index contributed by atoms with van der Waals surface area (Å²) in [6, 6.07) is 4.43. The zero-order chi connectivity index (χ0) is 25.7. The van der Waals surface area contributed by atoms with Gasteiger partial charge in [-0.1, -0.05) is 30.3 Å². The molecule has 34 heavy (non-hydrogen) atoms. The van der Waals surface area contributed by atoms with E-state index in [-0.39, 0.29) is 31.8 Å². The van der Waals surface area contributed by atoms with Gasteiger partial charge in [0.25, 0.3) is 0 Å². The van der Waals surface area contributed by atoms with Crippen LogP contribution in [0.15, 0.2) is 35.3 Å². The summed E-state index contributed by atoms with van der Waals surface area (Å²) in [6.07, 6.45) is 0.565. The number of carboxylic acids is 1. The average molecular weight is 480 g/mol. The maximum atomic E-state index is 12.4. The summed E-state index contributed by atoms with van der Waals surface area (Å²) in [5, 5.41) is 25.8. The van der Waals surface area contributed by atoms with Crippen molar-refractivity contribution in [3.8, 4) is 0 Å². The quantitative estimate of drug-likeness (QED) is 0.0778. The van der Waals surface area contributed by atoms with Gasteiger partial charge in [0.05, 0.1) is 12.6 Å². The molecule has 0 fully saturated rings. The smallest absolute Gasteiger partial charge is 0.326 e. The van der Waals surface area contributed by atoms with Crippen LogP contribution in [0, 0.1) is 0 Å². The SMILES string of the molecule is CC(NC(=O)C(N)Cc1ccccc1)C(=O)NC(CO)C(=O)NC(CCCN=C(N)N)C(=O)O. The number of rotatable bonds is 14. The number of aliphatic carboxylic acids is 1. The van der Waals surface area contributed by atoms with Crippen LogP contribution in [0.4, 0.5) is 0 Å². The highest BCUT2D eigenvalue weighted by Gasteiger charge is 2.28. The zero-order valence-electron chi connectivity index (χ0n) is 18.9. The normalized spacial score (nSPS) is 14.1. The topological polar surface area (TPSA) is 235 Å². The van der Waals surface area contributed by atoms with Crippen LogP contribution in [0.5, 0.6) is 0 Å². The lowest BCUT2D eigenvalue weighted by molar-refractivity contribution is -0.142. The lowest BCUT2D eigenvalue weighted by Crippen LogP contribution is -2.57. The maximum absolute atomic E-state index is 12.4. The molecular formula is C21H33N7O6. The highest BCUT2D eigenvalue weighted by Crippen LogP contribution is 2.03. The number of aliphatic hydroxyl groups excluding tert-OH is 1. The molecule has 0 heterocycles. The van der Waals surface area contributed by atoms with Crippen LogP contribution in [0.3, 0.4) is 0 Å². The summed E-state index contributed by atoms with van der Waals surface area (Å²) in [7, 11) is 0. The number of carbonyl (C=O) groups is 4. The molecule has 4 atom stereocenters. The molecule has 1 aromatic rings. The molecule has 0 bridgehead atoms. The van der Waals surface area contributed by atoms with Gasteiger partial charge in [-0.3, -0.25) is 19.4 Å². The molecule has 0 aliphatic heterocycles. The van der Waals surface area contributed by atoms with Crippen molar-refractivity contribution in [1.29, 1.82) is 0 Å². The van der Waals surface area contributed by atoms with Crippen molar-refractivity contribution >= 4 is 29.7 Å². The van der Waals surface area contributed by atoms with Gasteiger partial charge in [0, 0.05) is 6.54 Å². The second kappa shape index (κ2) is 14.4. The molecule has 188 valence electrons. The van der Waals surface area contributed by atoms with Crippen molar-refractivity contribution in [1.82, 2.24) is 16.0 Å². The molecule has 0 aromatic heterocycles. The molecule has 0 aliphatic carbocycles. The number of hydrogen-bond acceptors (Lipinski definition) is 7. The Hall–Kier alpha value is -3.71. The Labute approximate surface area is 197 Å². The van der Waals surface area contributed by atoms with Gasteiger partial charge in [-0.15, -0.1) is 0 Å². The molecule has 1 aromatic carbocycles. The Balaban J connectivity index is 2.60. The number of benzene rings is 1. The average Bonchev–Trinajstić information content (AvgIpc) is 2.79. The molecule has 0 radical (unpaired) electrons. The van der Waals surface area contributed by atoms with Gasteiger partial charge >= 0.3 is 5.97 Å². The molecule has 13 nitrogen and oxygen atoms in total. The van der Waals surface area contributed by atoms with Crippen molar-refractivity contribution < 1.29 is 29.4 Å². The highest BCUT2D eigenvalue weighted by atomic mass is 16.4. The molecule has 0 spiro atoms. The van der Waals surface area contributed by atoms with Crippen LogP contribution in [0.1, 0.15) is 25.3 Å². The first-order valence-electron chi connectivity index (χ1n) is 10.6. The highest BCUT2D eigenvalue weighted by molar-refractivity contribution is 5.94. The Morgan fingerprint density at radius 3 is 2.15 bits per heavy atom. The van der Waals surface area contributed by atoms with Gasteiger partial charge in [0.2, 0.25) is 17.7 Å². The number of aliphatic imine (C=N–C) groups is 1. The number of nitrogens with zero attached hydrogens (tertiary/aromatic N) is 1. The second-order valence-corrected chi connectivity index (χ2v) is 7.62. The summed E-state index contributed by atoms with van der Waals surface area (Å²) in [5.41, 5.74) is 17.1. The van der Waals surface area contributed by atoms with Gasteiger partial charge in [0.1, 0.15) is 18.1 Å². The van der Waals surface area contributed by atoms with E-state index >= 15 is 0 Å². The van der Waals surface area contributed by atoms with Crippen LogP contribution in [-0.2, 0) is 25.6 Å². The first kappa shape index (κ1) is 28.3. The summed E-state index contributed by atoms with van der Waals surface area (Å²) >= 11 is 0. The summed E-state index contributed by atoms with van der Waals surface area (Å²) in [4.78, 5) is 52.3. The molecule has 4 unspecified atom stereocenters. The lowest BCUT2D eigenvalue weighted by Gasteiger charge is -2.22. The van der Waals surface area contributed by atoms with Crippen LogP contribution in [0.25, 0.3) is 0 Å². The van der Waals surface area contributed by atoms with Crippen LogP contribution in [-0.4, -0.2) is 77.2 Å². The fourth-order valence-corrected chi connectivity index (χ4v) is 2.87. The number of guanidine groups is 1. The van der Waals surface area contributed by atoms with E-state index < -0.39 is 54.5 Å². The second-order valence-electron chi connectivity index (χ2n) is 7.62. The number of aliphatic hydroxyl groups is 1. The van der Waals surface area contributed by atoms with Gasteiger partial charge in [0.15, 0.2) is 5.96 Å². The van der Waals surface area contributed by atoms with Gasteiger partial charge in [-0.25, -0.2) is 4.79 Å². The number of amides is 3. The standard InChI is InChI=1S/C21H33N7O6/c1-12(26-18(31)14(22)10-13-6-3-2-4-7-13)17(30)28-16(11-29)19(32)27-15(20(33)34)8-5-9-25-21(23)24/h2-4,6-7,12,14-16,29H,5,8-11,22H2,1H3,(H,26,31)(H,27,32)(H,28,30)(H,33,34)(H4,23,24,25). The molecule has 0 saturated carbocycles. The van der Waals surface area contributed by atoms with E-state index in [0.717, 1.165) is 5.56 Å². The predicted octanol–water partition coefficient (Wildman–Crippen LogP) is -2.84. The minimum absolute atomic E-state index is 0.0235. The van der Waals surface area contributed by atoms with E-state index in [1.807, 2.05) is 30.3 Å². The molecule has 1 rings (SSSR count). The van der Waals surface area contributed by atoms with Gasteiger partial charge in [-0.2, -0.15) is 0 Å². The number of carboxylic acid groups (broad SMARTS) is 1. The third kappa shape index (κ3) is 10.3. The van der Waals surface area contributed by atoms with Crippen LogP contribution >= 0.6 is 0 Å². The monoisotopic (exact) mass is 479 g/mol. The molecule has 3 amide bonds. The lowest BCUT2D eigenvalue weighted by atomic mass is 10.1.